The average molecular weight is 636 g/mol. The minimum absolute atomic E-state index is 0.477. The fourth-order valence-electron chi connectivity index (χ4n) is 7.48. The second kappa shape index (κ2) is 10.3. The van der Waals surface area contributed by atoms with Crippen molar-refractivity contribution in [2.45, 2.75) is 15.2 Å². The van der Waals surface area contributed by atoms with E-state index in [0.29, 0.717) is 17.5 Å². The molecule has 0 unspecified atom stereocenters. The van der Waals surface area contributed by atoms with Gasteiger partial charge in [-0.05, 0) is 62.8 Å². The molecule has 5 heteroatoms. The maximum Gasteiger partial charge on any atom is 0.164 e. The van der Waals surface area contributed by atoms with Gasteiger partial charge in [-0.3, -0.25) is 0 Å². The zero-order chi connectivity index (χ0) is 31.0. The Morgan fingerprint density at radius 2 is 1.02 bits per heavy atom. The van der Waals surface area contributed by atoms with Crippen molar-refractivity contribution < 1.29 is 0 Å². The summed E-state index contributed by atoms with van der Waals surface area (Å²) in [6.07, 6.45) is 0. The van der Waals surface area contributed by atoms with Crippen molar-refractivity contribution in [2.75, 3.05) is 0 Å². The predicted octanol–water partition coefficient (Wildman–Crippen LogP) is 10.9. The van der Waals surface area contributed by atoms with Gasteiger partial charge in [0.1, 0.15) is 0 Å². The summed E-state index contributed by atoms with van der Waals surface area (Å²) >= 11 is 3.70. The van der Waals surface area contributed by atoms with Crippen LogP contribution in [0.2, 0.25) is 0 Å². The SMILES string of the molecule is c1ccc(-c2nc(-c3ccccc3)nc(-c3ccc4c(c3)C3(c5ccccc5Sc5ccccc53)c3ccc5ccsc5c3-4)n2)cc1. The molecule has 0 bridgehead atoms. The van der Waals surface area contributed by atoms with Crippen molar-refractivity contribution in [3.63, 3.8) is 0 Å². The van der Waals surface area contributed by atoms with Gasteiger partial charge in [0, 0.05) is 36.7 Å². The highest BCUT2D eigenvalue weighted by molar-refractivity contribution is 7.99. The molecule has 47 heavy (non-hydrogen) atoms. The number of aromatic nitrogens is 3. The largest absolute Gasteiger partial charge is 0.208 e. The first kappa shape index (κ1) is 26.8. The van der Waals surface area contributed by atoms with Gasteiger partial charge in [-0.2, -0.15) is 0 Å². The minimum Gasteiger partial charge on any atom is -0.208 e. The van der Waals surface area contributed by atoms with Gasteiger partial charge in [0.25, 0.3) is 0 Å². The van der Waals surface area contributed by atoms with Gasteiger partial charge < -0.3 is 0 Å². The molecule has 2 aliphatic rings. The topological polar surface area (TPSA) is 38.7 Å². The summed E-state index contributed by atoms with van der Waals surface area (Å²) in [6.45, 7) is 0. The number of benzene rings is 6. The molecule has 0 radical (unpaired) electrons. The number of fused-ring (bicyclic) bond motifs is 11. The third-order valence-corrected chi connectivity index (χ3v) is 11.6. The van der Waals surface area contributed by atoms with E-state index in [1.54, 1.807) is 0 Å². The molecule has 1 aliphatic carbocycles. The van der Waals surface area contributed by atoms with Gasteiger partial charge in [-0.1, -0.05) is 133 Å². The molecule has 0 amide bonds. The second-order valence-corrected chi connectivity index (χ2v) is 14.0. The van der Waals surface area contributed by atoms with Crippen molar-refractivity contribution in [3.05, 3.63) is 173 Å². The summed E-state index contributed by atoms with van der Waals surface area (Å²) in [5, 5.41) is 3.49. The van der Waals surface area contributed by atoms with E-state index in [2.05, 4.69) is 115 Å². The highest BCUT2D eigenvalue weighted by Gasteiger charge is 2.50. The van der Waals surface area contributed by atoms with Crippen molar-refractivity contribution in [1.82, 2.24) is 15.0 Å². The van der Waals surface area contributed by atoms with E-state index in [1.165, 1.54) is 53.3 Å². The molecule has 2 aromatic heterocycles. The fraction of sp³-hybridized carbons (Fsp3) is 0.0238. The quantitative estimate of drug-likeness (QED) is 0.194. The summed E-state index contributed by atoms with van der Waals surface area (Å²) < 4.78 is 1.33. The van der Waals surface area contributed by atoms with Crippen molar-refractivity contribution in [3.8, 4) is 45.3 Å². The standard InChI is InChI=1S/C42H25N3S2/c1-3-11-27(12-4-1)39-43-40(28-13-5-2-6-14-28)45-41(44-39)29-19-21-30-34(25-29)42(33-22-20-26-23-24-46-38(26)37(30)33)31-15-7-9-17-35(31)47-36-18-10-8-16-32(36)42/h1-25H. The first-order chi connectivity index (χ1) is 23.3. The molecule has 0 N–H and O–H groups in total. The van der Waals surface area contributed by atoms with Crippen LogP contribution >= 0.6 is 23.1 Å². The lowest BCUT2D eigenvalue weighted by Crippen LogP contribution is -2.32. The average Bonchev–Trinajstić information content (AvgIpc) is 3.74. The van der Waals surface area contributed by atoms with Crippen molar-refractivity contribution in [2.24, 2.45) is 0 Å². The van der Waals surface area contributed by atoms with Gasteiger partial charge in [-0.25, -0.2) is 15.0 Å². The van der Waals surface area contributed by atoms with Gasteiger partial charge in [-0.15, -0.1) is 11.3 Å². The van der Waals surface area contributed by atoms with Gasteiger partial charge in [0.05, 0.1) is 5.41 Å². The minimum atomic E-state index is -0.477. The summed E-state index contributed by atoms with van der Waals surface area (Å²) in [5.74, 6) is 2.00. The van der Waals surface area contributed by atoms with E-state index < -0.39 is 5.41 Å². The summed E-state index contributed by atoms with van der Waals surface area (Å²) in [4.78, 5) is 17.8. The molecule has 0 atom stereocenters. The van der Waals surface area contributed by atoms with E-state index in [4.69, 9.17) is 15.0 Å². The Labute approximate surface area is 280 Å². The molecule has 220 valence electrons. The number of thiophene rings is 1. The highest BCUT2D eigenvalue weighted by atomic mass is 32.2. The molecular formula is C42H25N3S2. The van der Waals surface area contributed by atoms with Gasteiger partial charge in [0.15, 0.2) is 17.5 Å². The summed E-state index contributed by atoms with van der Waals surface area (Å²) in [6, 6.07) is 52.0. The first-order valence-electron chi connectivity index (χ1n) is 15.7. The lowest BCUT2D eigenvalue weighted by molar-refractivity contribution is 0.723. The Balaban J connectivity index is 1.29. The van der Waals surface area contributed by atoms with E-state index in [0.717, 1.165) is 16.7 Å². The van der Waals surface area contributed by atoms with Crippen molar-refractivity contribution in [1.29, 1.82) is 0 Å². The maximum atomic E-state index is 5.11. The molecule has 1 spiro atoms. The van der Waals surface area contributed by atoms with Crippen LogP contribution in [-0.2, 0) is 5.41 Å². The lowest BCUT2D eigenvalue weighted by atomic mass is 9.67. The lowest BCUT2D eigenvalue weighted by Gasteiger charge is -2.39. The zero-order valence-electron chi connectivity index (χ0n) is 25.1. The number of hydrogen-bond donors (Lipinski definition) is 0. The van der Waals surface area contributed by atoms with Crippen LogP contribution in [0.25, 0.3) is 55.4 Å². The van der Waals surface area contributed by atoms with E-state index in [-0.39, 0.29) is 0 Å². The molecule has 1 aliphatic heterocycles. The van der Waals surface area contributed by atoms with E-state index >= 15 is 0 Å². The summed E-state index contributed by atoms with van der Waals surface area (Å²) in [5.41, 5.74) is 10.3. The van der Waals surface area contributed by atoms with E-state index in [1.807, 2.05) is 59.5 Å². The van der Waals surface area contributed by atoms with Crippen LogP contribution in [0.15, 0.2) is 161 Å². The Kier molecular flexibility index (Phi) is 5.89. The Morgan fingerprint density at radius 3 is 1.66 bits per heavy atom. The van der Waals surface area contributed by atoms with Gasteiger partial charge >= 0.3 is 0 Å². The monoisotopic (exact) mass is 635 g/mol. The molecule has 3 nitrogen and oxygen atoms in total. The Morgan fingerprint density at radius 1 is 0.447 bits per heavy atom. The maximum absolute atomic E-state index is 5.11. The van der Waals surface area contributed by atoms with Crippen LogP contribution in [0.1, 0.15) is 22.3 Å². The van der Waals surface area contributed by atoms with Crippen molar-refractivity contribution >= 4 is 33.2 Å². The second-order valence-electron chi connectivity index (χ2n) is 12.0. The third-order valence-electron chi connectivity index (χ3n) is 9.48. The first-order valence-corrected chi connectivity index (χ1v) is 17.4. The van der Waals surface area contributed by atoms with Crippen LogP contribution in [0, 0.1) is 0 Å². The van der Waals surface area contributed by atoms with Crippen LogP contribution in [0.5, 0.6) is 0 Å². The molecule has 10 rings (SSSR count). The number of hydrogen-bond acceptors (Lipinski definition) is 5. The number of nitrogens with zero attached hydrogens (tertiary/aromatic N) is 3. The number of rotatable bonds is 3. The highest BCUT2D eigenvalue weighted by Crippen LogP contribution is 2.63. The Bertz CT molecular complexity index is 2400. The molecule has 8 aromatic rings. The third kappa shape index (κ3) is 3.91. The van der Waals surface area contributed by atoms with Crippen LogP contribution in [-0.4, -0.2) is 15.0 Å². The van der Waals surface area contributed by atoms with E-state index in [9.17, 15) is 0 Å². The van der Waals surface area contributed by atoms with Crippen LogP contribution < -0.4 is 0 Å². The predicted molar refractivity (Wildman–Crippen MR) is 193 cm³/mol. The summed E-state index contributed by atoms with van der Waals surface area (Å²) in [7, 11) is 0. The molecule has 0 saturated carbocycles. The molecule has 6 aromatic carbocycles. The molecule has 0 fully saturated rings. The molecule has 0 saturated heterocycles. The fourth-order valence-corrected chi connectivity index (χ4v) is 9.63. The van der Waals surface area contributed by atoms with Gasteiger partial charge in [0.2, 0.25) is 0 Å². The Hall–Kier alpha value is -5.36. The zero-order valence-corrected chi connectivity index (χ0v) is 26.7. The normalized spacial score (nSPS) is 13.6. The molecule has 3 heterocycles. The molecular weight excluding hydrogens is 611 g/mol. The smallest absolute Gasteiger partial charge is 0.164 e. The van der Waals surface area contributed by atoms with Crippen LogP contribution in [0.4, 0.5) is 0 Å². The van der Waals surface area contributed by atoms with Crippen LogP contribution in [0.3, 0.4) is 0 Å².